The molecule has 4 rings (SSSR count). The number of aryl methyl sites for hydroxylation is 1. The Hall–Kier alpha value is -3.55. The molecule has 1 N–H and O–H groups in total. The van der Waals surface area contributed by atoms with Crippen molar-refractivity contribution in [3.8, 4) is 11.5 Å². The van der Waals surface area contributed by atoms with Gasteiger partial charge in [-0.2, -0.15) is 5.10 Å². The fraction of sp³-hybridized carbons (Fsp3) is 0.286. The van der Waals surface area contributed by atoms with Gasteiger partial charge in [0.05, 0.1) is 43.8 Å². The molecule has 0 saturated carbocycles. The maximum atomic E-state index is 12.6. The van der Waals surface area contributed by atoms with Gasteiger partial charge in [-0.3, -0.25) is 14.3 Å². The van der Waals surface area contributed by atoms with Crippen LogP contribution in [-0.4, -0.2) is 35.7 Å². The van der Waals surface area contributed by atoms with Crippen molar-refractivity contribution in [3.05, 3.63) is 59.3 Å². The standard InChI is InChI=1S/C21H21N3O5/c1-27-18-8-3-5-13(20(18)28-2)10-24-11-14(9-22-24)23-21(26)15-12-29-17-7-4-6-16(25)19(15)17/h3,5,8-9,11-12H,4,6-7,10H2,1-2H3,(H,23,26). The van der Waals surface area contributed by atoms with Crippen LogP contribution in [0.3, 0.4) is 0 Å². The number of aromatic nitrogens is 2. The number of para-hydroxylation sites is 1. The summed E-state index contributed by atoms with van der Waals surface area (Å²) in [5, 5.41) is 7.08. The topological polar surface area (TPSA) is 95.6 Å². The third-order valence-corrected chi connectivity index (χ3v) is 4.91. The van der Waals surface area contributed by atoms with Gasteiger partial charge in [-0.05, 0) is 12.5 Å². The molecule has 0 spiro atoms. The van der Waals surface area contributed by atoms with Gasteiger partial charge >= 0.3 is 0 Å². The molecular formula is C21H21N3O5. The lowest BCUT2D eigenvalue weighted by molar-refractivity contribution is 0.0955. The molecule has 0 radical (unpaired) electrons. The van der Waals surface area contributed by atoms with E-state index in [1.807, 2.05) is 18.2 Å². The number of benzene rings is 1. The Morgan fingerprint density at radius 3 is 2.93 bits per heavy atom. The number of fused-ring (bicyclic) bond motifs is 1. The molecule has 1 aliphatic carbocycles. The summed E-state index contributed by atoms with van der Waals surface area (Å²) in [6.45, 7) is 0.440. The molecule has 3 aromatic rings. The fourth-order valence-electron chi connectivity index (χ4n) is 3.56. The lowest BCUT2D eigenvalue weighted by atomic mass is 9.94. The number of ketones is 1. The zero-order valence-electron chi connectivity index (χ0n) is 16.2. The van der Waals surface area contributed by atoms with Crippen LogP contribution in [0.25, 0.3) is 0 Å². The lowest BCUT2D eigenvalue weighted by Crippen LogP contribution is -2.17. The average molecular weight is 395 g/mol. The largest absolute Gasteiger partial charge is 0.493 e. The summed E-state index contributed by atoms with van der Waals surface area (Å²) in [5.41, 5.74) is 2.09. The summed E-state index contributed by atoms with van der Waals surface area (Å²) in [6, 6.07) is 5.62. The number of anilines is 1. The van der Waals surface area contributed by atoms with Gasteiger partial charge in [0, 0.05) is 24.6 Å². The predicted molar refractivity (Wildman–Crippen MR) is 105 cm³/mol. The SMILES string of the molecule is COc1cccc(Cn2cc(NC(=O)c3coc4c3C(=O)CCC4)cn2)c1OC. The Bertz CT molecular complexity index is 1070. The molecule has 0 bridgehead atoms. The van der Waals surface area contributed by atoms with E-state index in [1.165, 1.54) is 6.26 Å². The van der Waals surface area contributed by atoms with Gasteiger partial charge in [-0.25, -0.2) is 0 Å². The highest BCUT2D eigenvalue weighted by Gasteiger charge is 2.28. The van der Waals surface area contributed by atoms with E-state index >= 15 is 0 Å². The van der Waals surface area contributed by atoms with E-state index in [0.717, 1.165) is 12.0 Å². The minimum absolute atomic E-state index is 0.0500. The first-order valence-electron chi connectivity index (χ1n) is 9.28. The van der Waals surface area contributed by atoms with E-state index in [0.29, 0.717) is 47.9 Å². The minimum Gasteiger partial charge on any atom is -0.493 e. The van der Waals surface area contributed by atoms with E-state index in [4.69, 9.17) is 13.9 Å². The molecule has 2 heterocycles. The maximum absolute atomic E-state index is 12.6. The highest BCUT2D eigenvalue weighted by atomic mass is 16.5. The minimum atomic E-state index is -0.385. The monoisotopic (exact) mass is 395 g/mol. The molecule has 0 unspecified atom stereocenters. The van der Waals surface area contributed by atoms with Gasteiger partial charge in [-0.15, -0.1) is 0 Å². The molecule has 2 aromatic heterocycles. The summed E-state index contributed by atoms with van der Waals surface area (Å²) < 4.78 is 17.9. The Kier molecular flexibility index (Phi) is 5.07. The van der Waals surface area contributed by atoms with Crippen molar-refractivity contribution >= 4 is 17.4 Å². The van der Waals surface area contributed by atoms with Crippen LogP contribution >= 0.6 is 0 Å². The van der Waals surface area contributed by atoms with Gasteiger partial charge < -0.3 is 19.2 Å². The van der Waals surface area contributed by atoms with Crippen molar-refractivity contribution in [3.63, 3.8) is 0 Å². The number of furan rings is 1. The van der Waals surface area contributed by atoms with Crippen LogP contribution < -0.4 is 14.8 Å². The number of carbonyl (C=O) groups is 2. The first-order valence-corrected chi connectivity index (χ1v) is 9.28. The second-order valence-electron chi connectivity index (χ2n) is 6.76. The van der Waals surface area contributed by atoms with Crippen LogP contribution in [-0.2, 0) is 13.0 Å². The highest BCUT2D eigenvalue weighted by Crippen LogP contribution is 2.31. The van der Waals surface area contributed by atoms with Gasteiger partial charge in [0.2, 0.25) is 0 Å². The predicted octanol–water partition coefficient (Wildman–Crippen LogP) is 3.31. The quantitative estimate of drug-likeness (QED) is 0.688. The van der Waals surface area contributed by atoms with E-state index in [-0.39, 0.29) is 17.3 Å². The summed E-state index contributed by atoms with van der Waals surface area (Å²) >= 11 is 0. The molecule has 0 saturated heterocycles. The van der Waals surface area contributed by atoms with Crippen LogP contribution in [0.2, 0.25) is 0 Å². The molecule has 1 amide bonds. The second kappa shape index (κ2) is 7.83. The normalized spacial score (nSPS) is 13.1. The number of hydrogen-bond donors (Lipinski definition) is 1. The van der Waals surface area contributed by atoms with Crippen LogP contribution in [0.4, 0.5) is 5.69 Å². The lowest BCUT2D eigenvalue weighted by Gasteiger charge is -2.12. The number of Topliss-reactive ketones (excluding diaryl/α,β-unsaturated/α-hetero) is 1. The van der Waals surface area contributed by atoms with Gasteiger partial charge in [0.1, 0.15) is 12.0 Å². The van der Waals surface area contributed by atoms with Crippen molar-refractivity contribution in [1.82, 2.24) is 9.78 Å². The van der Waals surface area contributed by atoms with Crippen molar-refractivity contribution in [2.45, 2.75) is 25.8 Å². The van der Waals surface area contributed by atoms with Gasteiger partial charge in [0.15, 0.2) is 17.3 Å². The van der Waals surface area contributed by atoms with Crippen molar-refractivity contribution in [1.29, 1.82) is 0 Å². The van der Waals surface area contributed by atoms with Gasteiger partial charge in [-0.1, -0.05) is 12.1 Å². The summed E-state index contributed by atoms with van der Waals surface area (Å²) in [6.07, 6.45) is 6.49. The van der Waals surface area contributed by atoms with Crippen molar-refractivity contribution in [2.24, 2.45) is 0 Å². The molecule has 29 heavy (non-hydrogen) atoms. The Balaban J connectivity index is 1.50. The number of ether oxygens (including phenoxy) is 2. The van der Waals surface area contributed by atoms with E-state index in [1.54, 1.807) is 31.3 Å². The molecular weight excluding hydrogens is 374 g/mol. The number of rotatable bonds is 6. The molecule has 1 aliphatic rings. The first kappa shape index (κ1) is 18.8. The van der Waals surface area contributed by atoms with Gasteiger partial charge in [0.25, 0.3) is 5.91 Å². The van der Waals surface area contributed by atoms with Crippen LogP contribution in [0.1, 0.15) is 44.9 Å². The second-order valence-corrected chi connectivity index (χ2v) is 6.76. The molecule has 1 aromatic carbocycles. The van der Waals surface area contributed by atoms with Crippen molar-refractivity contribution in [2.75, 3.05) is 19.5 Å². The number of nitrogens with one attached hydrogen (secondary N) is 1. The third-order valence-electron chi connectivity index (χ3n) is 4.91. The Labute approximate surface area is 167 Å². The molecule has 150 valence electrons. The molecule has 0 atom stereocenters. The van der Waals surface area contributed by atoms with E-state index in [2.05, 4.69) is 10.4 Å². The number of hydrogen-bond acceptors (Lipinski definition) is 6. The van der Waals surface area contributed by atoms with E-state index < -0.39 is 0 Å². The number of nitrogens with zero attached hydrogens (tertiary/aromatic N) is 2. The summed E-state index contributed by atoms with van der Waals surface area (Å²) in [5.74, 6) is 1.43. The number of carbonyl (C=O) groups excluding carboxylic acids is 2. The molecule has 8 nitrogen and oxygen atoms in total. The average Bonchev–Trinajstić information content (AvgIpc) is 3.35. The van der Waals surface area contributed by atoms with Crippen molar-refractivity contribution < 1.29 is 23.5 Å². The Morgan fingerprint density at radius 2 is 2.14 bits per heavy atom. The number of amides is 1. The number of methoxy groups -OCH3 is 2. The van der Waals surface area contributed by atoms with E-state index in [9.17, 15) is 9.59 Å². The van der Waals surface area contributed by atoms with Crippen LogP contribution in [0.15, 0.2) is 41.3 Å². The van der Waals surface area contributed by atoms with Crippen LogP contribution in [0, 0.1) is 0 Å². The maximum Gasteiger partial charge on any atom is 0.259 e. The zero-order chi connectivity index (χ0) is 20.4. The molecule has 0 fully saturated rings. The molecule has 0 aliphatic heterocycles. The first-order chi connectivity index (χ1) is 14.1. The van der Waals surface area contributed by atoms with Crippen LogP contribution in [0.5, 0.6) is 11.5 Å². The molecule has 8 heteroatoms. The zero-order valence-corrected chi connectivity index (χ0v) is 16.2. The smallest absolute Gasteiger partial charge is 0.259 e. The highest BCUT2D eigenvalue weighted by molar-refractivity contribution is 6.13. The Morgan fingerprint density at radius 1 is 1.28 bits per heavy atom. The summed E-state index contributed by atoms with van der Waals surface area (Å²) in [4.78, 5) is 24.8. The summed E-state index contributed by atoms with van der Waals surface area (Å²) in [7, 11) is 3.17. The third kappa shape index (κ3) is 3.61. The fourth-order valence-corrected chi connectivity index (χ4v) is 3.56.